The lowest BCUT2D eigenvalue weighted by atomic mass is 10.1. The molecule has 0 N–H and O–H groups in total. The molecule has 0 saturated heterocycles. The zero-order valence-electron chi connectivity index (χ0n) is 13.6. The molecule has 3 nitrogen and oxygen atoms in total. The van der Waals surface area contributed by atoms with E-state index in [0.29, 0.717) is 6.54 Å². The molecule has 0 spiro atoms. The van der Waals surface area contributed by atoms with Gasteiger partial charge in [0.1, 0.15) is 5.82 Å². The van der Waals surface area contributed by atoms with Crippen LogP contribution in [0.5, 0.6) is 0 Å². The maximum absolute atomic E-state index is 13.0. The van der Waals surface area contributed by atoms with Crippen molar-refractivity contribution in [3.05, 3.63) is 75.7 Å². The van der Waals surface area contributed by atoms with Crippen LogP contribution < -0.4 is 4.80 Å². The first-order valence-corrected chi connectivity index (χ1v) is 8.63. The fourth-order valence-electron chi connectivity index (χ4n) is 2.25. The van der Waals surface area contributed by atoms with Gasteiger partial charge in [-0.2, -0.15) is 5.10 Å². The predicted molar refractivity (Wildman–Crippen MR) is 98.0 cm³/mol. The number of hydrogen-bond donors (Lipinski definition) is 0. The Balaban J connectivity index is 2.04. The molecular weight excluding hydrogens is 321 g/mol. The third-order valence-electron chi connectivity index (χ3n) is 3.52. The SMILES string of the molecule is CCN=c1scc(-c2ccc(C)cc2)n1N=Cc1ccc(F)cc1. The first kappa shape index (κ1) is 16.3. The third-order valence-corrected chi connectivity index (χ3v) is 4.37. The fourth-order valence-corrected chi connectivity index (χ4v) is 3.15. The normalized spacial score (nSPS) is 12.2. The molecule has 0 unspecified atom stereocenters. The predicted octanol–water partition coefficient (Wildman–Crippen LogP) is 4.47. The molecule has 2 aromatic carbocycles. The van der Waals surface area contributed by atoms with Gasteiger partial charge >= 0.3 is 0 Å². The molecule has 3 aromatic rings. The quantitative estimate of drug-likeness (QED) is 0.628. The monoisotopic (exact) mass is 339 g/mol. The summed E-state index contributed by atoms with van der Waals surface area (Å²) in [6.07, 6.45) is 1.72. The molecule has 0 aliphatic carbocycles. The minimum absolute atomic E-state index is 0.252. The van der Waals surface area contributed by atoms with Gasteiger partial charge in [-0.1, -0.05) is 42.0 Å². The summed E-state index contributed by atoms with van der Waals surface area (Å²) >= 11 is 1.56. The maximum Gasteiger partial charge on any atom is 0.206 e. The van der Waals surface area contributed by atoms with E-state index in [2.05, 4.69) is 46.7 Å². The molecule has 0 radical (unpaired) electrons. The van der Waals surface area contributed by atoms with E-state index in [1.54, 1.807) is 29.7 Å². The molecule has 24 heavy (non-hydrogen) atoms. The lowest BCUT2D eigenvalue weighted by molar-refractivity contribution is 0.628. The van der Waals surface area contributed by atoms with E-state index in [4.69, 9.17) is 0 Å². The molecule has 0 amide bonds. The summed E-state index contributed by atoms with van der Waals surface area (Å²) in [6.45, 7) is 4.76. The molecule has 1 aromatic heterocycles. The van der Waals surface area contributed by atoms with Gasteiger partial charge in [-0.3, -0.25) is 4.99 Å². The number of aromatic nitrogens is 1. The van der Waals surface area contributed by atoms with Gasteiger partial charge in [0.05, 0.1) is 11.9 Å². The molecule has 0 atom stereocenters. The van der Waals surface area contributed by atoms with Crippen molar-refractivity contribution in [1.29, 1.82) is 0 Å². The van der Waals surface area contributed by atoms with Gasteiger partial charge < -0.3 is 0 Å². The second-order valence-electron chi connectivity index (χ2n) is 5.35. The van der Waals surface area contributed by atoms with E-state index in [1.807, 2.05) is 11.6 Å². The highest BCUT2D eigenvalue weighted by Crippen LogP contribution is 2.20. The zero-order valence-corrected chi connectivity index (χ0v) is 14.4. The Morgan fingerprint density at radius 2 is 1.79 bits per heavy atom. The number of nitrogens with zero attached hydrogens (tertiary/aromatic N) is 3. The van der Waals surface area contributed by atoms with Crippen LogP contribution in [0.4, 0.5) is 4.39 Å². The zero-order chi connectivity index (χ0) is 16.9. The highest BCUT2D eigenvalue weighted by Gasteiger charge is 2.07. The minimum atomic E-state index is -0.252. The Kier molecular flexibility index (Phi) is 5.01. The van der Waals surface area contributed by atoms with E-state index < -0.39 is 0 Å². The first-order valence-electron chi connectivity index (χ1n) is 7.75. The summed E-state index contributed by atoms with van der Waals surface area (Å²) in [6, 6.07) is 14.6. The Morgan fingerprint density at radius 1 is 1.08 bits per heavy atom. The van der Waals surface area contributed by atoms with Crippen LogP contribution in [0.3, 0.4) is 0 Å². The Morgan fingerprint density at radius 3 is 2.46 bits per heavy atom. The Bertz CT molecular complexity index is 903. The summed E-state index contributed by atoms with van der Waals surface area (Å²) < 4.78 is 14.9. The van der Waals surface area contributed by atoms with Crippen molar-refractivity contribution in [3.8, 4) is 11.3 Å². The number of thiazole rings is 1. The van der Waals surface area contributed by atoms with E-state index >= 15 is 0 Å². The second kappa shape index (κ2) is 7.36. The van der Waals surface area contributed by atoms with Crippen LogP contribution in [0.2, 0.25) is 0 Å². The molecule has 3 rings (SSSR count). The molecule has 1 heterocycles. The van der Waals surface area contributed by atoms with Crippen molar-refractivity contribution < 1.29 is 4.39 Å². The lowest BCUT2D eigenvalue weighted by Crippen LogP contribution is -2.12. The van der Waals surface area contributed by atoms with Crippen molar-refractivity contribution in [2.24, 2.45) is 10.1 Å². The molecule has 0 fully saturated rings. The van der Waals surface area contributed by atoms with E-state index in [0.717, 1.165) is 21.6 Å². The first-order chi connectivity index (χ1) is 11.7. The van der Waals surface area contributed by atoms with Crippen LogP contribution in [0.25, 0.3) is 11.3 Å². The number of rotatable bonds is 4. The minimum Gasteiger partial charge on any atom is -0.258 e. The topological polar surface area (TPSA) is 29.6 Å². The summed E-state index contributed by atoms with van der Waals surface area (Å²) in [4.78, 5) is 5.34. The van der Waals surface area contributed by atoms with Gasteiger partial charge in [-0.25, -0.2) is 9.07 Å². The van der Waals surface area contributed by atoms with Gasteiger partial charge in [0.15, 0.2) is 0 Å². The largest absolute Gasteiger partial charge is 0.258 e. The van der Waals surface area contributed by atoms with Crippen LogP contribution in [0.15, 0.2) is 64.0 Å². The smallest absolute Gasteiger partial charge is 0.206 e. The van der Waals surface area contributed by atoms with Gasteiger partial charge in [0, 0.05) is 17.5 Å². The number of halogens is 1. The van der Waals surface area contributed by atoms with Crippen molar-refractivity contribution in [1.82, 2.24) is 4.68 Å². The van der Waals surface area contributed by atoms with Crippen molar-refractivity contribution in [2.45, 2.75) is 13.8 Å². The molecule has 122 valence electrons. The molecular formula is C19H18FN3S. The van der Waals surface area contributed by atoms with Gasteiger partial charge in [-0.05, 0) is 31.5 Å². The Labute approximate surface area is 144 Å². The molecule has 5 heteroatoms. The number of benzene rings is 2. The van der Waals surface area contributed by atoms with Crippen molar-refractivity contribution in [3.63, 3.8) is 0 Å². The van der Waals surface area contributed by atoms with Crippen LogP contribution >= 0.6 is 11.3 Å². The molecule has 0 aliphatic heterocycles. The van der Waals surface area contributed by atoms with Crippen LogP contribution in [-0.4, -0.2) is 17.4 Å². The molecule has 0 bridgehead atoms. The van der Waals surface area contributed by atoms with Gasteiger partial charge in [-0.15, -0.1) is 11.3 Å². The Hall–Kier alpha value is -2.53. The average molecular weight is 339 g/mol. The highest BCUT2D eigenvalue weighted by atomic mass is 32.1. The summed E-state index contributed by atoms with van der Waals surface area (Å²) in [7, 11) is 0. The summed E-state index contributed by atoms with van der Waals surface area (Å²) in [5.41, 5.74) is 4.14. The summed E-state index contributed by atoms with van der Waals surface area (Å²) in [5.74, 6) is -0.252. The maximum atomic E-state index is 13.0. The number of hydrogen-bond acceptors (Lipinski definition) is 3. The highest BCUT2D eigenvalue weighted by molar-refractivity contribution is 7.07. The lowest BCUT2D eigenvalue weighted by Gasteiger charge is -2.04. The average Bonchev–Trinajstić information content (AvgIpc) is 2.98. The van der Waals surface area contributed by atoms with Gasteiger partial charge in [0.25, 0.3) is 0 Å². The van der Waals surface area contributed by atoms with Crippen molar-refractivity contribution >= 4 is 17.6 Å². The van der Waals surface area contributed by atoms with E-state index in [-0.39, 0.29) is 5.82 Å². The van der Waals surface area contributed by atoms with Gasteiger partial charge in [0.2, 0.25) is 4.80 Å². The van der Waals surface area contributed by atoms with Crippen LogP contribution in [0, 0.1) is 12.7 Å². The van der Waals surface area contributed by atoms with Crippen molar-refractivity contribution in [2.75, 3.05) is 6.54 Å². The van der Waals surface area contributed by atoms with E-state index in [1.165, 1.54) is 17.7 Å². The van der Waals surface area contributed by atoms with Crippen LogP contribution in [0.1, 0.15) is 18.1 Å². The number of aryl methyl sites for hydroxylation is 1. The molecule has 0 aliphatic rings. The second-order valence-corrected chi connectivity index (χ2v) is 6.19. The molecule has 0 saturated carbocycles. The third kappa shape index (κ3) is 3.68. The van der Waals surface area contributed by atoms with E-state index in [9.17, 15) is 4.39 Å². The standard InChI is InChI=1S/C19H18FN3S/c1-3-21-19-23(22-12-15-6-10-17(20)11-7-15)18(13-24-19)16-8-4-14(2)5-9-16/h4-13H,3H2,1-2H3. The van der Waals surface area contributed by atoms with Crippen LogP contribution in [-0.2, 0) is 0 Å². The summed E-state index contributed by atoms with van der Waals surface area (Å²) in [5, 5.41) is 6.63. The fraction of sp³-hybridized carbons (Fsp3) is 0.158.